The van der Waals surface area contributed by atoms with Crippen LogP contribution < -0.4 is 5.73 Å². The summed E-state index contributed by atoms with van der Waals surface area (Å²) in [4.78, 5) is 0. The van der Waals surface area contributed by atoms with E-state index in [2.05, 4.69) is 0 Å². The van der Waals surface area contributed by atoms with Crippen LogP contribution in [0.5, 0.6) is 0 Å². The Bertz CT molecular complexity index is 454. The zero-order chi connectivity index (χ0) is 11.4. The number of furan rings is 1. The number of nitrogens with two attached hydrogens (primary N) is 1. The Morgan fingerprint density at radius 1 is 1.25 bits per heavy atom. The first-order valence-electron chi connectivity index (χ1n) is 4.90. The molecular formula is C12H12ClNO2. The van der Waals surface area contributed by atoms with Gasteiger partial charge < -0.3 is 14.9 Å². The van der Waals surface area contributed by atoms with Gasteiger partial charge in [0.1, 0.15) is 12.4 Å². The minimum absolute atomic E-state index is 0.454. The molecule has 84 valence electrons. The summed E-state index contributed by atoms with van der Waals surface area (Å²) in [5.74, 6) is 0.807. The van der Waals surface area contributed by atoms with Crippen LogP contribution in [0.1, 0.15) is 11.3 Å². The van der Waals surface area contributed by atoms with Crippen LogP contribution in [0.25, 0.3) is 0 Å². The summed E-state index contributed by atoms with van der Waals surface area (Å²) in [5, 5.41) is 0.565. The molecule has 0 amide bonds. The molecule has 1 aromatic heterocycles. The van der Waals surface area contributed by atoms with Crippen LogP contribution in [0, 0.1) is 0 Å². The first-order chi connectivity index (χ1) is 7.75. The van der Waals surface area contributed by atoms with E-state index >= 15 is 0 Å². The van der Waals surface area contributed by atoms with Crippen molar-refractivity contribution in [3.8, 4) is 0 Å². The first kappa shape index (κ1) is 11.0. The van der Waals surface area contributed by atoms with E-state index in [1.807, 2.05) is 24.3 Å². The smallest absolute Gasteiger partial charge is 0.129 e. The second-order valence-electron chi connectivity index (χ2n) is 3.43. The van der Waals surface area contributed by atoms with Gasteiger partial charge in [0.15, 0.2) is 0 Å². The molecule has 0 fully saturated rings. The summed E-state index contributed by atoms with van der Waals surface area (Å²) in [5.41, 5.74) is 7.25. The summed E-state index contributed by atoms with van der Waals surface area (Å²) in [6.45, 7) is 0.942. The Labute approximate surface area is 98.8 Å². The van der Waals surface area contributed by atoms with Crippen molar-refractivity contribution in [3.05, 3.63) is 52.9 Å². The monoisotopic (exact) mass is 237 g/mol. The summed E-state index contributed by atoms with van der Waals surface area (Å²) >= 11 is 5.82. The molecule has 3 nitrogen and oxygen atoms in total. The minimum Gasteiger partial charge on any atom is -0.467 e. The van der Waals surface area contributed by atoms with E-state index in [0.717, 1.165) is 11.3 Å². The maximum Gasteiger partial charge on any atom is 0.129 e. The number of ether oxygens (including phenoxy) is 1. The summed E-state index contributed by atoms with van der Waals surface area (Å²) < 4.78 is 10.6. The third kappa shape index (κ3) is 2.78. The van der Waals surface area contributed by atoms with Gasteiger partial charge in [-0.15, -0.1) is 0 Å². The summed E-state index contributed by atoms with van der Waals surface area (Å²) in [7, 11) is 0. The normalized spacial score (nSPS) is 10.6. The van der Waals surface area contributed by atoms with Crippen LogP contribution >= 0.6 is 11.6 Å². The lowest BCUT2D eigenvalue weighted by molar-refractivity contribution is 0.0930. The van der Waals surface area contributed by atoms with E-state index in [0.29, 0.717) is 23.9 Å². The van der Waals surface area contributed by atoms with Gasteiger partial charge in [0.05, 0.1) is 23.6 Å². The zero-order valence-electron chi connectivity index (χ0n) is 8.65. The highest BCUT2D eigenvalue weighted by Gasteiger charge is 2.00. The van der Waals surface area contributed by atoms with Crippen molar-refractivity contribution in [1.82, 2.24) is 0 Å². The van der Waals surface area contributed by atoms with Crippen LogP contribution in [0.3, 0.4) is 0 Å². The Balaban J connectivity index is 1.87. The highest BCUT2D eigenvalue weighted by molar-refractivity contribution is 6.33. The van der Waals surface area contributed by atoms with E-state index in [-0.39, 0.29) is 0 Å². The van der Waals surface area contributed by atoms with E-state index in [4.69, 9.17) is 26.5 Å². The molecule has 1 heterocycles. The number of nitrogen functional groups attached to an aromatic ring is 1. The molecule has 4 heteroatoms. The average Bonchev–Trinajstić information content (AvgIpc) is 2.76. The molecule has 2 N–H and O–H groups in total. The number of anilines is 1. The fourth-order valence-corrected chi connectivity index (χ4v) is 1.46. The maximum atomic E-state index is 5.82. The van der Waals surface area contributed by atoms with Crippen molar-refractivity contribution in [3.63, 3.8) is 0 Å². The number of halogens is 1. The van der Waals surface area contributed by atoms with Crippen molar-refractivity contribution in [2.45, 2.75) is 13.2 Å². The maximum absolute atomic E-state index is 5.82. The molecule has 0 atom stereocenters. The Morgan fingerprint density at radius 3 is 2.81 bits per heavy atom. The molecule has 2 rings (SSSR count). The standard InChI is InChI=1S/C12H12ClNO2/c13-11-4-3-9(6-12(11)14)7-15-8-10-2-1-5-16-10/h1-6H,7-8,14H2. The van der Waals surface area contributed by atoms with Gasteiger partial charge in [0.2, 0.25) is 0 Å². The molecule has 0 bridgehead atoms. The summed E-state index contributed by atoms with van der Waals surface area (Å²) in [6, 6.07) is 9.17. The molecule has 0 spiro atoms. The molecular weight excluding hydrogens is 226 g/mol. The lowest BCUT2D eigenvalue weighted by Crippen LogP contribution is -1.95. The highest BCUT2D eigenvalue weighted by atomic mass is 35.5. The molecule has 1 aromatic carbocycles. The second kappa shape index (κ2) is 5.05. The highest BCUT2D eigenvalue weighted by Crippen LogP contribution is 2.20. The lowest BCUT2D eigenvalue weighted by atomic mass is 10.2. The van der Waals surface area contributed by atoms with Crippen molar-refractivity contribution < 1.29 is 9.15 Å². The van der Waals surface area contributed by atoms with Crippen LogP contribution in [-0.2, 0) is 18.0 Å². The van der Waals surface area contributed by atoms with Crippen molar-refractivity contribution in [1.29, 1.82) is 0 Å². The Hall–Kier alpha value is -1.45. The molecule has 0 unspecified atom stereocenters. The predicted molar refractivity (Wildman–Crippen MR) is 63.1 cm³/mol. The van der Waals surface area contributed by atoms with Crippen LogP contribution in [-0.4, -0.2) is 0 Å². The van der Waals surface area contributed by atoms with E-state index in [9.17, 15) is 0 Å². The first-order valence-corrected chi connectivity index (χ1v) is 5.27. The molecule has 0 saturated heterocycles. The molecule has 2 aromatic rings. The van der Waals surface area contributed by atoms with Gasteiger partial charge in [0.25, 0.3) is 0 Å². The van der Waals surface area contributed by atoms with Crippen LogP contribution in [0.2, 0.25) is 5.02 Å². The fourth-order valence-electron chi connectivity index (χ4n) is 1.35. The van der Waals surface area contributed by atoms with Gasteiger partial charge in [-0.2, -0.15) is 0 Å². The molecule has 16 heavy (non-hydrogen) atoms. The van der Waals surface area contributed by atoms with Gasteiger partial charge in [0, 0.05) is 0 Å². The molecule has 0 radical (unpaired) electrons. The number of benzene rings is 1. The molecule has 0 aliphatic rings. The Kier molecular flexibility index (Phi) is 3.49. The predicted octanol–water partition coefficient (Wildman–Crippen LogP) is 3.23. The largest absolute Gasteiger partial charge is 0.467 e. The number of hydrogen-bond donors (Lipinski definition) is 1. The van der Waals surface area contributed by atoms with E-state index in [1.165, 1.54) is 0 Å². The van der Waals surface area contributed by atoms with Crippen molar-refractivity contribution in [2.24, 2.45) is 0 Å². The molecule has 0 aliphatic heterocycles. The number of hydrogen-bond acceptors (Lipinski definition) is 3. The Morgan fingerprint density at radius 2 is 2.12 bits per heavy atom. The third-order valence-corrected chi connectivity index (χ3v) is 2.50. The van der Waals surface area contributed by atoms with Crippen LogP contribution in [0.15, 0.2) is 41.0 Å². The quantitative estimate of drug-likeness (QED) is 0.831. The molecule has 0 saturated carbocycles. The van der Waals surface area contributed by atoms with Crippen molar-refractivity contribution >= 4 is 17.3 Å². The van der Waals surface area contributed by atoms with Gasteiger partial charge >= 0.3 is 0 Å². The van der Waals surface area contributed by atoms with E-state index in [1.54, 1.807) is 12.3 Å². The number of rotatable bonds is 4. The van der Waals surface area contributed by atoms with Crippen molar-refractivity contribution in [2.75, 3.05) is 5.73 Å². The topological polar surface area (TPSA) is 48.4 Å². The average molecular weight is 238 g/mol. The second-order valence-corrected chi connectivity index (χ2v) is 3.84. The lowest BCUT2D eigenvalue weighted by Gasteiger charge is -2.04. The van der Waals surface area contributed by atoms with Gasteiger partial charge in [-0.05, 0) is 29.8 Å². The minimum atomic E-state index is 0.454. The fraction of sp³-hybridized carbons (Fsp3) is 0.167. The third-order valence-electron chi connectivity index (χ3n) is 2.15. The SMILES string of the molecule is Nc1cc(COCc2ccco2)ccc1Cl. The summed E-state index contributed by atoms with van der Waals surface area (Å²) in [6.07, 6.45) is 1.62. The van der Waals surface area contributed by atoms with Gasteiger partial charge in [-0.25, -0.2) is 0 Å². The zero-order valence-corrected chi connectivity index (χ0v) is 9.41. The van der Waals surface area contributed by atoms with E-state index < -0.39 is 0 Å². The van der Waals surface area contributed by atoms with Crippen LogP contribution in [0.4, 0.5) is 5.69 Å². The van der Waals surface area contributed by atoms with Gasteiger partial charge in [-0.3, -0.25) is 0 Å². The van der Waals surface area contributed by atoms with Gasteiger partial charge in [-0.1, -0.05) is 17.7 Å². The molecule has 0 aliphatic carbocycles.